The minimum Gasteiger partial charge on any atom is -0.336 e. The van der Waals surface area contributed by atoms with Crippen molar-refractivity contribution in [3.8, 4) is 0 Å². The van der Waals surface area contributed by atoms with Crippen LogP contribution in [0.1, 0.15) is 41.4 Å². The molecule has 27 heavy (non-hydrogen) atoms. The molecule has 1 aromatic heterocycles. The molecule has 5 heteroatoms. The number of hydrogen-bond acceptors (Lipinski definition) is 4. The Morgan fingerprint density at radius 3 is 2.41 bits per heavy atom. The van der Waals surface area contributed by atoms with Crippen molar-refractivity contribution in [3.63, 3.8) is 0 Å². The summed E-state index contributed by atoms with van der Waals surface area (Å²) in [6.45, 7) is 4.85. The van der Waals surface area contributed by atoms with Crippen molar-refractivity contribution >= 4 is 17.5 Å². The monoisotopic (exact) mass is 360 g/mol. The van der Waals surface area contributed by atoms with Gasteiger partial charge in [0.2, 0.25) is 5.95 Å². The number of nitrogens with one attached hydrogen (secondary N) is 1. The fraction of sp³-hybridized carbons (Fsp3) is 0.227. The lowest BCUT2D eigenvalue weighted by Gasteiger charge is -2.17. The van der Waals surface area contributed by atoms with Gasteiger partial charge in [0.15, 0.2) is 0 Å². The number of carbonyl (C=O) groups excluding carboxylic acids is 1. The Hall–Kier alpha value is -3.21. The molecule has 0 saturated heterocycles. The van der Waals surface area contributed by atoms with E-state index in [0.29, 0.717) is 24.1 Å². The third kappa shape index (κ3) is 4.91. The topological polar surface area (TPSA) is 58.1 Å². The molecule has 0 radical (unpaired) electrons. The van der Waals surface area contributed by atoms with Crippen molar-refractivity contribution in [1.82, 2.24) is 14.9 Å². The number of hydrogen-bond donors (Lipinski definition) is 1. The first-order valence-corrected chi connectivity index (χ1v) is 9.02. The lowest BCUT2D eigenvalue weighted by atomic mass is 10.0. The van der Waals surface area contributed by atoms with Crippen molar-refractivity contribution in [2.24, 2.45) is 0 Å². The molecule has 5 nitrogen and oxygen atoms in total. The predicted molar refractivity (Wildman–Crippen MR) is 108 cm³/mol. The van der Waals surface area contributed by atoms with Crippen molar-refractivity contribution in [2.45, 2.75) is 26.3 Å². The fourth-order valence-electron chi connectivity index (χ4n) is 2.74. The second-order valence-corrected chi connectivity index (χ2v) is 6.81. The lowest BCUT2D eigenvalue weighted by molar-refractivity contribution is 0.0779. The maximum absolute atomic E-state index is 12.7. The summed E-state index contributed by atoms with van der Waals surface area (Å²) in [5.41, 5.74) is 3.60. The van der Waals surface area contributed by atoms with Gasteiger partial charge in [-0.25, -0.2) is 9.97 Å². The van der Waals surface area contributed by atoms with Crippen LogP contribution < -0.4 is 5.32 Å². The minimum atomic E-state index is -0.139. The highest BCUT2D eigenvalue weighted by Crippen LogP contribution is 2.19. The summed E-state index contributed by atoms with van der Waals surface area (Å²) in [6, 6.07) is 19.7. The molecular weight excluding hydrogens is 336 g/mol. The molecule has 0 aliphatic carbocycles. The molecule has 3 rings (SSSR count). The van der Waals surface area contributed by atoms with E-state index in [1.807, 2.05) is 42.5 Å². The number of nitrogens with zero attached hydrogens (tertiary/aromatic N) is 3. The van der Waals surface area contributed by atoms with E-state index in [9.17, 15) is 4.79 Å². The minimum absolute atomic E-state index is 0.139. The van der Waals surface area contributed by atoms with Gasteiger partial charge in [-0.1, -0.05) is 56.3 Å². The Kier molecular flexibility index (Phi) is 5.81. The van der Waals surface area contributed by atoms with Crippen LogP contribution in [-0.4, -0.2) is 27.8 Å². The molecule has 1 N–H and O–H groups in total. The number of amides is 1. The van der Waals surface area contributed by atoms with Crippen LogP contribution in [0.5, 0.6) is 0 Å². The van der Waals surface area contributed by atoms with Gasteiger partial charge in [-0.15, -0.1) is 0 Å². The zero-order valence-electron chi connectivity index (χ0n) is 15.9. The third-order valence-electron chi connectivity index (χ3n) is 4.32. The quantitative estimate of drug-likeness (QED) is 0.697. The Bertz CT molecular complexity index is 892. The summed E-state index contributed by atoms with van der Waals surface area (Å²) in [7, 11) is 1.77. The normalized spacial score (nSPS) is 10.7. The van der Waals surface area contributed by atoms with E-state index in [0.717, 1.165) is 11.3 Å². The molecule has 0 saturated carbocycles. The highest BCUT2D eigenvalue weighted by molar-refractivity contribution is 5.92. The Balaban J connectivity index is 1.70. The molecule has 0 atom stereocenters. The Morgan fingerprint density at radius 2 is 1.74 bits per heavy atom. The molecular formula is C22H24N4O. The van der Waals surface area contributed by atoms with Gasteiger partial charge < -0.3 is 10.2 Å². The summed E-state index contributed by atoms with van der Waals surface area (Å²) in [4.78, 5) is 22.9. The first-order chi connectivity index (χ1) is 13.0. The van der Waals surface area contributed by atoms with E-state index in [1.165, 1.54) is 5.56 Å². The summed E-state index contributed by atoms with van der Waals surface area (Å²) in [5, 5.41) is 3.16. The molecule has 0 spiro atoms. The van der Waals surface area contributed by atoms with Gasteiger partial charge in [0.1, 0.15) is 5.69 Å². The first kappa shape index (κ1) is 18.6. The van der Waals surface area contributed by atoms with Crippen molar-refractivity contribution in [2.75, 3.05) is 12.4 Å². The lowest BCUT2D eigenvalue weighted by Crippen LogP contribution is -2.27. The number of rotatable bonds is 6. The summed E-state index contributed by atoms with van der Waals surface area (Å²) < 4.78 is 0. The Morgan fingerprint density at radius 1 is 1.04 bits per heavy atom. The van der Waals surface area contributed by atoms with Crippen LogP contribution in [-0.2, 0) is 6.54 Å². The van der Waals surface area contributed by atoms with Crippen molar-refractivity contribution in [1.29, 1.82) is 0 Å². The smallest absolute Gasteiger partial charge is 0.272 e. The zero-order chi connectivity index (χ0) is 19.2. The summed E-state index contributed by atoms with van der Waals surface area (Å²) in [6.07, 6.45) is 1.60. The number of anilines is 2. The number of carbonyl (C=O) groups is 1. The number of benzene rings is 2. The maximum Gasteiger partial charge on any atom is 0.272 e. The molecule has 1 heterocycles. The third-order valence-corrected chi connectivity index (χ3v) is 4.32. The van der Waals surface area contributed by atoms with Crippen LogP contribution >= 0.6 is 0 Å². The van der Waals surface area contributed by atoms with Gasteiger partial charge >= 0.3 is 0 Å². The molecule has 1 amide bonds. The van der Waals surface area contributed by atoms with E-state index in [1.54, 1.807) is 24.2 Å². The van der Waals surface area contributed by atoms with Crippen LogP contribution in [0, 0.1) is 0 Å². The average molecular weight is 360 g/mol. The van der Waals surface area contributed by atoms with Crippen LogP contribution in [0.3, 0.4) is 0 Å². The number of aromatic nitrogens is 2. The van der Waals surface area contributed by atoms with E-state index in [-0.39, 0.29) is 5.91 Å². The highest BCUT2D eigenvalue weighted by atomic mass is 16.2. The molecule has 3 aromatic rings. The molecule has 0 fully saturated rings. The van der Waals surface area contributed by atoms with E-state index >= 15 is 0 Å². The molecule has 2 aromatic carbocycles. The van der Waals surface area contributed by atoms with Gasteiger partial charge in [-0.05, 0) is 35.2 Å². The van der Waals surface area contributed by atoms with Crippen molar-refractivity contribution < 1.29 is 4.79 Å². The largest absolute Gasteiger partial charge is 0.336 e. The SMILES string of the molecule is CC(C)c1ccc(Nc2nccc(C(=O)N(C)Cc3ccccc3)n2)cc1. The molecule has 0 aliphatic heterocycles. The predicted octanol–water partition coefficient (Wildman–Crippen LogP) is 4.62. The zero-order valence-corrected chi connectivity index (χ0v) is 15.9. The molecule has 0 unspecified atom stereocenters. The van der Waals surface area contributed by atoms with Gasteiger partial charge in [-0.3, -0.25) is 4.79 Å². The molecule has 0 bridgehead atoms. The standard InChI is InChI=1S/C22H24N4O/c1-16(2)18-9-11-19(12-10-18)24-22-23-14-13-20(25-22)21(27)26(3)15-17-7-5-4-6-8-17/h4-14,16H,15H2,1-3H3,(H,23,24,25). The van der Waals surface area contributed by atoms with Crippen LogP contribution in [0.4, 0.5) is 11.6 Å². The second kappa shape index (κ2) is 8.45. The van der Waals surface area contributed by atoms with Gasteiger partial charge in [0.05, 0.1) is 0 Å². The van der Waals surface area contributed by atoms with E-state index < -0.39 is 0 Å². The van der Waals surface area contributed by atoms with E-state index in [4.69, 9.17) is 0 Å². The molecule has 138 valence electrons. The van der Waals surface area contributed by atoms with E-state index in [2.05, 4.69) is 41.3 Å². The summed E-state index contributed by atoms with van der Waals surface area (Å²) in [5.74, 6) is 0.752. The van der Waals surface area contributed by atoms with Crippen LogP contribution in [0.15, 0.2) is 66.9 Å². The molecule has 0 aliphatic rings. The van der Waals surface area contributed by atoms with Gasteiger partial charge in [0, 0.05) is 25.5 Å². The van der Waals surface area contributed by atoms with Gasteiger partial charge in [-0.2, -0.15) is 0 Å². The van der Waals surface area contributed by atoms with Crippen LogP contribution in [0.25, 0.3) is 0 Å². The second-order valence-electron chi connectivity index (χ2n) is 6.81. The van der Waals surface area contributed by atoms with Crippen molar-refractivity contribution in [3.05, 3.63) is 83.7 Å². The van der Waals surface area contributed by atoms with Crippen LogP contribution in [0.2, 0.25) is 0 Å². The summed E-state index contributed by atoms with van der Waals surface area (Å²) >= 11 is 0. The highest BCUT2D eigenvalue weighted by Gasteiger charge is 2.14. The Labute approximate surface area is 160 Å². The van der Waals surface area contributed by atoms with Gasteiger partial charge in [0.25, 0.3) is 5.91 Å². The first-order valence-electron chi connectivity index (χ1n) is 9.02. The maximum atomic E-state index is 12.7. The average Bonchev–Trinajstić information content (AvgIpc) is 2.69. The fourth-order valence-corrected chi connectivity index (χ4v) is 2.74.